The molecule has 1 heterocycles. The number of hydrogen-bond donors (Lipinski definition) is 1. The largest absolute Gasteiger partial charge is 0.334 e. The summed E-state index contributed by atoms with van der Waals surface area (Å²) in [6.07, 6.45) is 8.11. The number of carbonyl (C=O) groups excluding carboxylic acids is 3. The molecule has 1 unspecified atom stereocenters. The van der Waals surface area contributed by atoms with E-state index >= 15 is 0 Å². The van der Waals surface area contributed by atoms with Crippen molar-refractivity contribution in [3.63, 3.8) is 0 Å². The zero-order valence-corrected chi connectivity index (χ0v) is 20.2. The lowest BCUT2D eigenvalue weighted by Crippen LogP contribution is -2.48. The van der Waals surface area contributed by atoms with Gasteiger partial charge in [0.2, 0.25) is 5.91 Å². The minimum atomic E-state index is -1.19. The molecular formula is C28H32FN3O3. The molecule has 35 heavy (non-hydrogen) atoms. The maximum Gasteiger partial charge on any atom is 0.325 e. The monoisotopic (exact) mass is 477 g/mol. The van der Waals surface area contributed by atoms with E-state index < -0.39 is 17.5 Å². The third-order valence-corrected chi connectivity index (χ3v) is 7.85. The number of aryl methyl sites for hydroxylation is 2. The van der Waals surface area contributed by atoms with E-state index in [2.05, 4.69) is 5.32 Å². The normalized spacial score (nSPS) is 22.3. The number of rotatable bonds is 6. The van der Waals surface area contributed by atoms with Crippen molar-refractivity contribution in [3.05, 3.63) is 70.5 Å². The Morgan fingerprint density at radius 1 is 1.03 bits per heavy atom. The van der Waals surface area contributed by atoms with Gasteiger partial charge in [-0.05, 0) is 73.4 Å². The first kappa shape index (κ1) is 23.5. The average molecular weight is 478 g/mol. The van der Waals surface area contributed by atoms with Crippen molar-refractivity contribution in [2.45, 2.75) is 76.4 Å². The van der Waals surface area contributed by atoms with Crippen LogP contribution in [-0.4, -0.2) is 40.2 Å². The van der Waals surface area contributed by atoms with Gasteiger partial charge in [0.05, 0.1) is 0 Å². The van der Waals surface area contributed by atoms with Gasteiger partial charge < -0.3 is 10.2 Å². The highest BCUT2D eigenvalue weighted by molar-refractivity contribution is 6.09. The summed E-state index contributed by atoms with van der Waals surface area (Å²) in [6.45, 7) is 1.74. The second-order valence-corrected chi connectivity index (χ2v) is 10.2. The Balaban J connectivity index is 1.35. The van der Waals surface area contributed by atoms with Crippen LogP contribution in [0.15, 0.2) is 42.5 Å². The predicted octanol–water partition coefficient (Wildman–Crippen LogP) is 4.44. The maximum absolute atomic E-state index is 13.5. The molecular weight excluding hydrogens is 445 g/mol. The van der Waals surface area contributed by atoms with E-state index in [1.165, 1.54) is 23.3 Å². The van der Waals surface area contributed by atoms with Gasteiger partial charge in [0.25, 0.3) is 5.91 Å². The fraction of sp³-hybridized carbons (Fsp3) is 0.464. The number of urea groups is 1. The summed E-state index contributed by atoms with van der Waals surface area (Å²) < 4.78 is 13.4. The van der Waals surface area contributed by atoms with Crippen LogP contribution in [0.2, 0.25) is 0 Å². The minimum absolute atomic E-state index is 0.0464. The first-order valence-electron chi connectivity index (χ1n) is 12.7. The molecule has 2 fully saturated rings. The number of amides is 4. The van der Waals surface area contributed by atoms with Gasteiger partial charge in [-0.3, -0.25) is 14.5 Å². The SMILES string of the molecule is CC1(c2ccc3c(c2)CCC3)NC(=O)N(CC(=O)N(Cc2ccc(F)cc2)C2CCCCC2)C1=O. The van der Waals surface area contributed by atoms with Gasteiger partial charge in [-0.25, -0.2) is 9.18 Å². The lowest BCUT2D eigenvalue weighted by molar-refractivity contribution is -0.141. The number of fused-ring (bicyclic) bond motifs is 1. The van der Waals surface area contributed by atoms with E-state index in [4.69, 9.17) is 0 Å². The molecule has 1 aliphatic heterocycles. The molecule has 2 aromatic rings. The molecule has 5 rings (SSSR count). The predicted molar refractivity (Wildman–Crippen MR) is 130 cm³/mol. The molecule has 1 atom stereocenters. The van der Waals surface area contributed by atoms with Crippen molar-refractivity contribution in [3.8, 4) is 0 Å². The molecule has 0 spiro atoms. The third-order valence-electron chi connectivity index (χ3n) is 7.85. The molecule has 1 N–H and O–H groups in total. The number of nitrogens with one attached hydrogen (secondary N) is 1. The van der Waals surface area contributed by atoms with Crippen LogP contribution in [0, 0.1) is 5.82 Å². The molecule has 2 aliphatic carbocycles. The molecule has 0 bridgehead atoms. The lowest BCUT2D eigenvalue weighted by Gasteiger charge is -2.35. The fourth-order valence-corrected chi connectivity index (χ4v) is 5.75. The van der Waals surface area contributed by atoms with Crippen LogP contribution in [0.25, 0.3) is 0 Å². The highest BCUT2D eigenvalue weighted by atomic mass is 19.1. The topological polar surface area (TPSA) is 69.7 Å². The van der Waals surface area contributed by atoms with Gasteiger partial charge in [-0.1, -0.05) is 49.6 Å². The maximum atomic E-state index is 13.5. The van der Waals surface area contributed by atoms with Gasteiger partial charge in [0, 0.05) is 12.6 Å². The zero-order valence-electron chi connectivity index (χ0n) is 20.2. The zero-order chi connectivity index (χ0) is 24.6. The molecule has 0 radical (unpaired) electrons. The number of hydrogen-bond acceptors (Lipinski definition) is 3. The Morgan fingerprint density at radius 2 is 1.74 bits per heavy atom. The van der Waals surface area contributed by atoms with Crippen molar-refractivity contribution < 1.29 is 18.8 Å². The van der Waals surface area contributed by atoms with E-state index in [0.29, 0.717) is 6.54 Å². The van der Waals surface area contributed by atoms with E-state index in [0.717, 1.165) is 67.4 Å². The van der Waals surface area contributed by atoms with Crippen LogP contribution in [-0.2, 0) is 34.5 Å². The average Bonchev–Trinajstić information content (AvgIpc) is 3.42. The molecule has 7 heteroatoms. The first-order chi connectivity index (χ1) is 16.8. The van der Waals surface area contributed by atoms with Gasteiger partial charge in [-0.15, -0.1) is 0 Å². The number of halogens is 1. The Hall–Kier alpha value is -3.22. The summed E-state index contributed by atoms with van der Waals surface area (Å²) in [4.78, 5) is 42.8. The summed E-state index contributed by atoms with van der Waals surface area (Å²) in [5.74, 6) is -0.989. The smallest absolute Gasteiger partial charge is 0.325 e. The van der Waals surface area contributed by atoms with Crippen LogP contribution >= 0.6 is 0 Å². The van der Waals surface area contributed by atoms with E-state index in [9.17, 15) is 18.8 Å². The second-order valence-electron chi connectivity index (χ2n) is 10.2. The van der Waals surface area contributed by atoms with Crippen molar-refractivity contribution >= 4 is 17.8 Å². The highest BCUT2D eigenvalue weighted by Crippen LogP contribution is 2.33. The number of carbonyl (C=O) groups is 3. The highest BCUT2D eigenvalue weighted by Gasteiger charge is 2.50. The Kier molecular flexibility index (Phi) is 6.34. The van der Waals surface area contributed by atoms with Crippen molar-refractivity contribution in [1.82, 2.24) is 15.1 Å². The summed E-state index contributed by atoms with van der Waals surface area (Å²) in [7, 11) is 0. The quantitative estimate of drug-likeness (QED) is 0.626. The molecule has 1 saturated heterocycles. The van der Waals surface area contributed by atoms with E-state index in [1.807, 2.05) is 18.2 Å². The van der Waals surface area contributed by atoms with Crippen molar-refractivity contribution in [2.24, 2.45) is 0 Å². The van der Waals surface area contributed by atoms with Crippen LogP contribution in [0.3, 0.4) is 0 Å². The van der Waals surface area contributed by atoms with Gasteiger partial charge in [-0.2, -0.15) is 0 Å². The molecule has 184 valence electrons. The van der Waals surface area contributed by atoms with Gasteiger partial charge in [0.1, 0.15) is 17.9 Å². The second kappa shape index (κ2) is 9.44. The Morgan fingerprint density at radius 3 is 2.49 bits per heavy atom. The third kappa shape index (κ3) is 4.56. The van der Waals surface area contributed by atoms with Crippen molar-refractivity contribution in [1.29, 1.82) is 0 Å². The molecule has 0 aromatic heterocycles. The summed E-state index contributed by atoms with van der Waals surface area (Å²) in [5, 5.41) is 2.84. The van der Waals surface area contributed by atoms with Crippen LogP contribution in [0.4, 0.5) is 9.18 Å². The van der Waals surface area contributed by atoms with E-state index in [1.54, 1.807) is 24.0 Å². The summed E-state index contributed by atoms with van der Waals surface area (Å²) in [5.41, 5.74) is 2.90. The Bertz CT molecular complexity index is 1140. The lowest BCUT2D eigenvalue weighted by atomic mass is 9.89. The molecule has 3 aliphatic rings. The van der Waals surface area contributed by atoms with Gasteiger partial charge >= 0.3 is 6.03 Å². The molecule has 6 nitrogen and oxygen atoms in total. The minimum Gasteiger partial charge on any atom is -0.334 e. The molecule has 4 amide bonds. The first-order valence-corrected chi connectivity index (χ1v) is 12.7. The van der Waals surface area contributed by atoms with Crippen molar-refractivity contribution in [2.75, 3.05) is 6.54 Å². The van der Waals surface area contributed by atoms with Crippen LogP contribution in [0.5, 0.6) is 0 Å². The number of nitrogens with zero attached hydrogens (tertiary/aromatic N) is 2. The summed E-state index contributed by atoms with van der Waals surface area (Å²) >= 11 is 0. The van der Waals surface area contributed by atoms with Gasteiger partial charge in [0.15, 0.2) is 0 Å². The molecule has 2 aromatic carbocycles. The van der Waals surface area contributed by atoms with Crippen LogP contribution < -0.4 is 5.32 Å². The van der Waals surface area contributed by atoms with Crippen LogP contribution in [0.1, 0.15) is 67.7 Å². The fourth-order valence-electron chi connectivity index (χ4n) is 5.75. The molecule has 1 saturated carbocycles. The Labute approximate surface area is 205 Å². The number of benzene rings is 2. The summed E-state index contributed by atoms with van der Waals surface area (Å²) in [6, 6.07) is 11.6. The number of imide groups is 1. The van der Waals surface area contributed by atoms with E-state index in [-0.39, 0.29) is 24.3 Å². The standard InChI is InChI=1S/C28H32FN3O3/c1-28(22-13-12-20-6-5-7-21(20)16-22)26(34)32(27(35)30-28)18-25(33)31(24-8-3-2-4-9-24)17-19-10-14-23(29)15-11-19/h10-16,24H,2-9,17-18H2,1H3,(H,30,35).